The van der Waals surface area contributed by atoms with Crippen molar-refractivity contribution in [1.82, 2.24) is 9.80 Å². The fourth-order valence-electron chi connectivity index (χ4n) is 1.78. The Kier molecular flexibility index (Phi) is 3.15. The number of nitrogens with zero attached hydrogens (tertiary/aromatic N) is 2. The highest BCUT2D eigenvalue weighted by molar-refractivity contribution is 7.99. The van der Waals surface area contributed by atoms with Crippen molar-refractivity contribution < 1.29 is 9.18 Å². The normalized spacial score (nSPS) is 23.5. The van der Waals surface area contributed by atoms with Crippen molar-refractivity contribution >= 4 is 17.8 Å². The summed E-state index contributed by atoms with van der Waals surface area (Å²) in [5.74, 6) is 2.16. The molecule has 3 nitrogen and oxygen atoms in total. The summed E-state index contributed by atoms with van der Waals surface area (Å²) in [5, 5.41) is 0. The van der Waals surface area contributed by atoms with Crippen molar-refractivity contribution in [2.75, 3.05) is 44.4 Å². The van der Waals surface area contributed by atoms with E-state index in [1.54, 1.807) is 4.90 Å². The second-order valence-corrected chi connectivity index (χ2v) is 5.03. The van der Waals surface area contributed by atoms with Crippen molar-refractivity contribution in [1.29, 1.82) is 0 Å². The summed E-state index contributed by atoms with van der Waals surface area (Å²) in [7, 11) is 0. The number of amides is 2. The molecule has 14 heavy (non-hydrogen) atoms. The van der Waals surface area contributed by atoms with Crippen LogP contribution in [0.4, 0.5) is 9.18 Å². The van der Waals surface area contributed by atoms with Crippen LogP contribution in [0, 0.1) is 5.92 Å². The van der Waals surface area contributed by atoms with E-state index in [9.17, 15) is 9.18 Å². The van der Waals surface area contributed by atoms with E-state index in [1.807, 2.05) is 16.7 Å². The molecule has 0 unspecified atom stereocenters. The Labute approximate surface area is 87.6 Å². The highest BCUT2D eigenvalue weighted by Crippen LogP contribution is 2.19. The zero-order chi connectivity index (χ0) is 9.97. The highest BCUT2D eigenvalue weighted by Gasteiger charge is 2.33. The topological polar surface area (TPSA) is 23.6 Å². The van der Waals surface area contributed by atoms with Crippen LogP contribution in [-0.4, -0.2) is 60.2 Å². The molecule has 2 rings (SSSR count). The molecule has 0 aromatic carbocycles. The molecule has 2 heterocycles. The summed E-state index contributed by atoms with van der Waals surface area (Å²) in [6.07, 6.45) is 0. The third-order valence-electron chi connectivity index (χ3n) is 2.73. The first-order valence-corrected chi connectivity index (χ1v) is 6.14. The minimum absolute atomic E-state index is 0.0955. The molecule has 0 radical (unpaired) electrons. The van der Waals surface area contributed by atoms with E-state index in [0.717, 1.165) is 24.6 Å². The molecule has 0 aromatic rings. The summed E-state index contributed by atoms with van der Waals surface area (Å²) in [6.45, 7) is 2.62. The highest BCUT2D eigenvalue weighted by atomic mass is 32.2. The number of carbonyl (C=O) groups excluding carboxylic acids is 1. The second-order valence-electron chi connectivity index (χ2n) is 3.81. The SMILES string of the molecule is O=C(N1CCSCC1)N1CC(CF)C1. The lowest BCUT2D eigenvalue weighted by molar-refractivity contribution is 0.0808. The molecular weight excluding hydrogens is 203 g/mol. The summed E-state index contributed by atoms with van der Waals surface area (Å²) < 4.78 is 12.2. The Hall–Kier alpha value is -0.450. The van der Waals surface area contributed by atoms with Crippen molar-refractivity contribution in [3.8, 4) is 0 Å². The lowest BCUT2D eigenvalue weighted by atomic mass is 10.0. The smallest absolute Gasteiger partial charge is 0.320 e. The van der Waals surface area contributed by atoms with Gasteiger partial charge in [-0.3, -0.25) is 4.39 Å². The number of hydrogen-bond donors (Lipinski definition) is 0. The largest absolute Gasteiger partial charge is 0.324 e. The van der Waals surface area contributed by atoms with Crippen LogP contribution in [0.3, 0.4) is 0 Å². The molecule has 0 aromatic heterocycles. The van der Waals surface area contributed by atoms with E-state index in [1.165, 1.54) is 0 Å². The third-order valence-corrected chi connectivity index (χ3v) is 3.67. The third kappa shape index (κ3) is 1.97. The summed E-state index contributed by atoms with van der Waals surface area (Å²) in [5.41, 5.74) is 0. The minimum atomic E-state index is -0.292. The zero-order valence-corrected chi connectivity index (χ0v) is 8.93. The van der Waals surface area contributed by atoms with Crippen LogP contribution < -0.4 is 0 Å². The van der Waals surface area contributed by atoms with Crippen LogP contribution in [-0.2, 0) is 0 Å². The van der Waals surface area contributed by atoms with Gasteiger partial charge in [-0.1, -0.05) is 0 Å². The average molecular weight is 218 g/mol. The van der Waals surface area contributed by atoms with Crippen molar-refractivity contribution in [2.45, 2.75) is 0 Å². The number of carbonyl (C=O) groups is 1. The van der Waals surface area contributed by atoms with Crippen LogP contribution in [0.2, 0.25) is 0 Å². The van der Waals surface area contributed by atoms with Gasteiger partial charge in [0.15, 0.2) is 0 Å². The molecule has 0 aliphatic carbocycles. The van der Waals surface area contributed by atoms with E-state index < -0.39 is 0 Å². The first-order valence-electron chi connectivity index (χ1n) is 4.99. The van der Waals surface area contributed by atoms with Gasteiger partial charge in [-0.05, 0) is 0 Å². The Bertz CT molecular complexity index is 215. The van der Waals surface area contributed by atoms with E-state index in [2.05, 4.69) is 0 Å². The molecule has 2 aliphatic rings. The van der Waals surface area contributed by atoms with Gasteiger partial charge in [-0.15, -0.1) is 0 Å². The average Bonchev–Trinajstić information content (AvgIpc) is 2.17. The van der Waals surface area contributed by atoms with Crippen molar-refractivity contribution in [2.24, 2.45) is 5.92 Å². The number of urea groups is 1. The van der Waals surface area contributed by atoms with Gasteiger partial charge in [0.05, 0.1) is 6.67 Å². The minimum Gasteiger partial charge on any atom is -0.324 e. The monoisotopic (exact) mass is 218 g/mol. The predicted octanol–water partition coefficient (Wildman–Crippen LogP) is 1.06. The number of likely N-dealkylation sites (tertiary alicyclic amines) is 1. The van der Waals surface area contributed by atoms with Crippen molar-refractivity contribution in [3.05, 3.63) is 0 Å². The van der Waals surface area contributed by atoms with Gasteiger partial charge in [0, 0.05) is 43.6 Å². The molecule has 2 fully saturated rings. The summed E-state index contributed by atoms with van der Waals surface area (Å²) >= 11 is 1.89. The first-order chi connectivity index (χ1) is 6.81. The Morgan fingerprint density at radius 1 is 1.29 bits per heavy atom. The fraction of sp³-hybridized carbons (Fsp3) is 0.889. The molecule has 0 saturated carbocycles. The molecule has 2 amide bonds. The molecule has 0 atom stereocenters. The zero-order valence-electron chi connectivity index (χ0n) is 8.12. The molecular formula is C9H15FN2OS. The van der Waals surface area contributed by atoms with Gasteiger partial charge in [0.25, 0.3) is 0 Å². The van der Waals surface area contributed by atoms with Gasteiger partial charge in [0.2, 0.25) is 0 Å². The van der Waals surface area contributed by atoms with Crippen LogP contribution in [0.1, 0.15) is 0 Å². The first kappa shape index (κ1) is 10.1. The van der Waals surface area contributed by atoms with Crippen LogP contribution in [0.15, 0.2) is 0 Å². The van der Waals surface area contributed by atoms with E-state index in [4.69, 9.17) is 0 Å². The lowest BCUT2D eigenvalue weighted by Gasteiger charge is -2.41. The van der Waals surface area contributed by atoms with E-state index in [0.29, 0.717) is 13.1 Å². The van der Waals surface area contributed by atoms with Gasteiger partial charge < -0.3 is 9.80 Å². The maximum Gasteiger partial charge on any atom is 0.320 e. The van der Waals surface area contributed by atoms with Gasteiger partial charge in [0.1, 0.15) is 0 Å². The van der Waals surface area contributed by atoms with Crippen molar-refractivity contribution in [3.63, 3.8) is 0 Å². The van der Waals surface area contributed by atoms with E-state index >= 15 is 0 Å². The fourth-order valence-corrected chi connectivity index (χ4v) is 2.68. The number of thioether (sulfide) groups is 1. The van der Waals surface area contributed by atoms with Crippen LogP contribution in [0.25, 0.3) is 0 Å². The Balaban J connectivity index is 1.78. The summed E-state index contributed by atoms with van der Waals surface area (Å²) in [4.78, 5) is 15.4. The molecule has 0 bridgehead atoms. The molecule has 2 aliphatic heterocycles. The van der Waals surface area contributed by atoms with Gasteiger partial charge >= 0.3 is 6.03 Å². The molecule has 2 saturated heterocycles. The Morgan fingerprint density at radius 2 is 1.93 bits per heavy atom. The summed E-state index contributed by atoms with van der Waals surface area (Å²) in [6, 6.07) is 0.106. The van der Waals surface area contributed by atoms with Crippen LogP contribution >= 0.6 is 11.8 Å². The maximum atomic E-state index is 12.2. The van der Waals surface area contributed by atoms with Gasteiger partial charge in [-0.25, -0.2) is 4.79 Å². The quantitative estimate of drug-likeness (QED) is 0.657. The number of hydrogen-bond acceptors (Lipinski definition) is 2. The molecule has 0 spiro atoms. The van der Waals surface area contributed by atoms with E-state index in [-0.39, 0.29) is 18.6 Å². The van der Waals surface area contributed by atoms with Gasteiger partial charge in [-0.2, -0.15) is 11.8 Å². The number of alkyl halides is 1. The number of halogens is 1. The predicted molar refractivity (Wildman–Crippen MR) is 55.3 cm³/mol. The molecule has 80 valence electrons. The second kappa shape index (κ2) is 4.38. The van der Waals surface area contributed by atoms with Crippen LogP contribution in [0.5, 0.6) is 0 Å². The standard InChI is InChI=1S/C9H15FN2OS/c10-5-8-6-12(7-8)9(13)11-1-3-14-4-2-11/h8H,1-7H2. The molecule has 5 heteroatoms. The number of rotatable bonds is 1. The lowest BCUT2D eigenvalue weighted by Crippen LogP contribution is -2.56. The maximum absolute atomic E-state index is 12.2. The Morgan fingerprint density at radius 3 is 2.50 bits per heavy atom. The molecule has 0 N–H and O–H groups in total.